The van der Waals surface area contributed by atoms with Gasteiger partial charge in [0.25, 0.3) is 5.56 Å². The van der Waals surface area contributed by atoms with Crippen molar-refractivity contribution in [1.82, 2.24) is 9.71 Å². The zero-order valence-electron chi connectivity index (χ0n) is 8.71. The van der Waals surface area contributed by atoms with Gasteiger partial charge in [0, 0.05) is 5.56 Å². The molecule has 11 nitrogen and oxygen atoms in total. The van der Waals surface area contributed by atoms with Crippen LogP contribution in [0.2, 0.25) is 0 Å². The van der Waals surface area contributed by atoms with Crippen LogP contribution in [0, 0.1) is 6.92 Å². The molecule has 0 saturated heterocycles. The zero-order chi connectivity index (χ0) is 14.1. The second-order valence-electron chi connectivity index (χ2n) is 3.02. The van der Waals surface area contributed by atoms with Crippen LogP contribution in [0.15, 0.2) is 15.8 Å². The molecule has 0 fully saturated rings. The normalized spacial score (nSPS) is 15.1. The van der Waals surface area contributed by atoms with Gasteiger partial charge in [-0.2, -0.15) is 4.31 Å². The van der Waals surface area contributed by atoms with Crippen molar-refractivity contribution in [2.45, 2.75) is 6.92 Å². The molecule has 0 bridgehead atoms. The summed E-state index contributed by atoms with van der Waals surface area (Å²) in [4.78, 5) is 49.5. The van der Waals surface area contributed by atoms with Crippen molar-refractivity contribution in [1.29, 1.82) is 0 Å². The summed E-state index contributed by atoms with van der Waals surface area (Å²) >= 11 is 0. The van der Waals surface area contributed by atoms with Gasteiger partial charge >= 0.3 is 21.3 Å². The fourth-order valence-corrected chi connectivity index (χ4v) is 2.40. The number of rotatable bonds is 4. The minimum Gasteiger partial charge on any atom is -0.307 e. The first kappa shape index (κ1) is 14.8. The molecule has 0 amide bonds. The Balaban J connectivity index is 3.09. The van der Waals surface area contributed by atoms with Crippen molar-refractivity contribution in [2.75, 3.05) is 0 Å². The van der Waals surface area contributed by atoms with Gasteiger partial charge in [0.15, 0.2) is 0 Å². The summed E-state index contributed by atoms with van der Waals surface area (Å²) in [5.74, 6) is 0. The van der Waals surface area contributed by atoms with Crippen molar-refractivity contribution >= 4 is 15.6 Å². The number of hydrogen-bond acceptors (Lipinski definition) is 6. The lowest BCUT2D eigenvalue weighted by Crippen LogP contribution is -2.33. The number of aromatic amines is 1. The average molecular weight is 302 g/mol. The largest absolute Gasteiger partial charge is 0.555 e. The first-order valence-electron chi connectivity index (χ1n) is 4.12. The highest BCUT2D eigenvalue weighted by Crippen LogP contribution is 2.55. The molecule has 1 rings (SSSR count). The van der Waals surface area contributed by atoms with Crippen LogP contribution in [0.4, 0.5) is 0 Å². The number of aryl methyl sites for hydroxylation is 1. The molecule has 1 aromatic heterocycles. The van der Waals surface area contributed by atoms with Crippen LogP contribution in [-0.2, 0) is 13.4 Å². The van der Waals surface area contributed by atoms with Crippen LogP contribution in [0.5, 0.6) is 0 Å². The van der Waals surface area contributed by atoms with E-state index in [2.05, 4.69) is 8.94 Å². The first-order chi connectivity index (χ1) is 8.00. The fraction of sp³-hybridized carbons (Fsp3) is 0.200. The number of nitrogens with zero attached hydrogens (tertiary/aromatic N) is 1. The van der Waals surface area contributed by atoms with Crippen LogP contribution in [0.3, 0.4) is 0 Å². The molecule has 1 unspecified atom stereocenters. The Kier molecular flexibility index (Phi) is 3.96. The topological polar surface area (TPSA) is 168 Å². The molecule has 1 aromatic rings. The van der Waals surface area contributed by atoms with E-state index in [0.717, 1.165) is 6.20 Å². The average Bonchev–Trinajstić information content (AvgIpc) is 2.09. The van der Waals surface area contributed by atoms with Gasteiger partial charge < -0.3 is 14.4 Å². The lowest BCUT2D eigenvalue weighted by atomic mass is 10.4. The van der Waals surface area contributed by atoms with E-state index in [-0.39, 0.29) is 10.3 Å². The molecule has 0 aliphatic rings. The summed E-state index contributed by atoms with van der Waals surface area (Å²) in [6.45, 7) is 1.27. The number of nitrogens with one attached hydrogen (secondary N) is 1. The predicted octanol–water partition coefficient (Wildman–Crippen LogP) is -1.52. The Labute approximate surface area is 98.4 Å². The van der Waals surface area contributed by atoms with Crippen molar-refractivity contribution in [3.8, 4) is 0 Å². The van der Waals surface area contributed by atoms with E-state index in [1.807, 2.05) is 0 Å². The first-order valence-corrected chi connectivity index (χ1v) is 7.15. The van der Waals surface area contributed by atoms with Crippen molar-refractivity contribution in [3.05, 3.63) is 32.6 Å². The number of phosphoric acid groups is 2. The van der Waals surface area contributed by atoms with Crippen molar-refractivity contribution in [3.63, 3.8) is 0 Å². The molecular formula is C5H8N2O9P2. The van der Waals surface area contributed by atoms with Crippen molar-refractivity contribution < 1.29 is 32.7 Å². The van der Waals surface area contributed by atoms with Crippen LogP contribution in [-0.4, -0.2) is 24.4 Å². The lowest BCUT2D eigenvalue weighted by Gasteiger charge is -2.13. The summed E-state index contributed by atoms with van der Waals surface area (Å²) in [7, 11) is -10.5. The maximum atomic E-state index is 11.1. The predicted molar refractivity (Wildman–Crippen MR) is 55.6 cm³/mol. The third-order valence-corrected chi connectivity index (χ3v) is 3.55. The van der Waals surface area contributed by atoms with E-state index in [4.69, 9.17) is 14.7 Å². The molecule has 102 valence electrons. The maximum absolute atomic E-state index is 11.1. The molecular weight excluding hydrogens is 294 g/mol. The molecule has 0 aliphatic carbocycles. The summed E-state index contributed by atoms with van der Waals surface area (Å²) < 4.78 is 29.1. The third-order valence-electron chi connectivity index (χ3n) is 1.49. The Morgan fingerprint density at radius 3 is 2.33 bits per heavy atom. The highest BCUT2D eigenvalue weighted by Gasteiger charge is 2.34. The molecule has 0 radical (unpaired) electrons. The number of hydrogen-bond donors (Lipinski definition) is 4. The summed E-state index contributed by atoms with van der Waals surface area (Å²) in [5.41, 5.74) is -2.00. The van der Waals surface area contributed by atoms with Gasteiger partial charge in [-0.1, -0.05) is 0 Å². The Hall–Kier alpha value is -1.22. The van der Waals surface area contributed by atoms with Gasteiger partial charge in [0.05, 0.1) is 6.20 Å². The van der Waals surface area contributed by atoms with Gasteiger partial charge in [-0.3, -0.25) is 14.7 Å². The molecule has 0 aromatic carbocycles. The van der Waals surface area contributed by atoms with E-state index in [1.54, 1.807) is 4.98 Å². The van der Waals surface area contributed by atoms with Crippen LogP contribution < -0.4 is 15.9 Å². The molecule has 1 heterocycles. The molecule has 0 spiro atoms. The maximum Gasteiger partial charge on any atom is 0.555 e. The molecule has 0 saturated carbocycles. The van der Waals surface area contributed by atoms with Gasteiger partial charge in [-0.15, -0.1) is 4.73 Å². The van der Waals surface area contributed by atoms with Gasteiger partial charge in [-0.25, -0.2) is 13.9 Å². The summed E-state index contributed by atoms with van der Waals surface area (Å²) in [6, 6.07) is 0. The Morgan fingerprint density at radius 2 is 1.83 bits per heavy atom. The Bertz CT molecular complexity index is 654. The van der Waals surface area contributed by atoms with Crippen LogP contribution >= 0.6 is 15.6 Å². The molecule has 4 N–H and O–H groups in total. The smallest absolute Gasteiger partial charge is 0.307 e. The zero-order valence-corrected chi connectivity index (χ0v) is 10.5. The second kappa shape index (κ2) is 4.81. The van der Waals surface area contributed by atoms with Crippen molar-refractivity contribution in [2.24, 2.45) is 0 Å². The minimum atomic E-state index is -5.29. The highest BCUT2D eigenvalue weighted by molar-refractivity contribution is 7.60. The molecule has 13 heteroatoms. The van der Waals surface area contributed by atoms with E-state index >= 15 is 0 Å². The summed E-state index contributed by atoms with van der Waals surface area (Å²) in [5, 5.41) is 0. The van der Waals surface area contributed by atoms with Gasteiger partial charge in [0.1, 0.15) is 0 Å². The SMILES string of the molecule is Cc1cn(OP(=O)(O)OP(=O)(O)O)c(=O)[nH]c1=O. The lowest BCUT2D eigenvalue weighted by molar-refractivity contribution is 0.156. The molecule has 1 atom stereocenters. The standard InChI is InChI=1S/C5H8N2O9P2/c1-3-2-7(5(9)6-4(3)8)15-18(13,14)16-17(10,11)12/h2H,1H3,(H,13,14)(H,6,8,9)(H2,10,11,12). The minimum absolute atomic E-state index is 0.0363. The van der Waals surface area contributed by atoms with Crippen LogP contribution in [0.25, 0.3) is 0 Å². The monoisotopic (exact) mass is 302 g/mol. The van der Waals surface area contributed by atoms with E-state index in [0.29, 0.717) is 0 Å². The van der Waals surface area contributed by atoms with E-state index < -0.39 is 26.9 Å². The number of aromatic nitrogens is 2. The molecule has 0 aliphatic heterocycles. The fourth-order valence-electron chi connectivity index (χ4n) is 0.865. The van der Waals surface area contributed by atoms with Crippen LogP contribution in [0.1, 0.15) is 5.56 Å². The quantitative estimate of drug-likeness (QED) is 0.482. The van der Waals surface area contributed by atoms with E-state index in [1.165, 1.54) is 6.92 Å². The number of H-pyrrole nitrogens is 1. The van der Waals surface area contributed by atoms with Gasteiger partial charge in [0.2, 0.25) is 0 Å². The third kappa shape index (κ3) is 4.22. The second-order valence-corrected chi connectivity index (χ2v) is 5.75. The molecule has 18 heavy (non-hydrogen) atoms. The van der Waals surface area contributed by atoms with Gasteiger partial charge in [-0.05, 0) is 6.92 Å². The summed E-state index contributed by atoms with van der Waals surface area (Å²) in [6.07, 6.45) is 0.757. The Morgan fingerprint density at radius 1 is 1.28 bits per heavy atom. The highest BCUT2D eigenvalue weighted by atomic mass is 31.3. The van der Waals surface area contributed by atoms with E-state index in [9.17, 15) is 18.7 Å².